The van der Waals surface area contributed by atoms with E-state index in [0.29, 0.717) is 70.4 Å². The maximum absolute atomic E-state index is 14.1. The molecule has 0 fully saturated rings. The topological polar surface area (TPSA) is 281 Å². The number of hydrogen-bond acceptors (Lipinski definition) is 13. The average Bonchev–Trinajstić information content (AvgIpc) is 0.811. The van der Waals surface area contributed by atoms with Gasteiger partial charge in [-0.3, -0.25) is 28.8 Å². The average molecular weight is 1640 g/mol. The van der Waals surface area contributed by atoms with Gasteiger partial charge in [0.1, 0.15) is 29.4 Å². The molecular weight excluding hydrogens is 1520 g/mol. The van der Waals surface area contributed by atoms with Crippen LogP contribution in [0.15, 0.2) is 157 Å². The van der Waals surface area contributed by atoms with Crippen molar-refractivity contribution in [3.8, 4) is 5.75 Å². The number of carbonyl (C=O) groups is 8. The summed E-state index contributed by atoms with van der Waals surface area (Å²) in [6, 6.07) is 16.4. The van der Waals surface area contributed by atoms with Crippen molar-refractivity contribution in [2.45, 2.75) is 227 Å². The van der Waals surface area contributed by atoms with Gasteiger partial charge in [-0.2, -0.15) is 0 Å². The number of hydrogen-bond donors (Lipinski definition) is 6. The van der Waals surface area contributed by atoms with Gasteiger partial charge in [-0.1, -0.05) is 116 Å². The first-order valence-corrected chi connectivity index (χ1v) is 45.5. The number of fused-ring (bicyclic) bond motifs is 4. The quantitative estimate of drug-likeness (QED) is 0.0445. The van der Waals surface area contributed by atoms with E-state index in [1.54, 1.807) is 105 Å². The summed E-state index contributed by atoms with van der Waals surface area (Å²) in [7, 11) is 1.54. The third-order valence-corrected chi connectivity index (χ3v) is 37.3. The van der Waals surface area contributed by atoms with Gasteiger partial charge in [0.05, 0.1) is 28.5 Å². The van der Waals surface area contributed by atoms with Crippen molar-refractivity contribution in [3.63, 3.8) is 0 Å². The number of unbranched alkanes of at least 4 members (excludes halogenated alkanes) is 3. The number of nitrogens with one attached hydrogen (secondary N) is 2. The number of primary amides is 2. The number of ketones is 4. The molecule has 6 rings (SSSR count). The SMILES string of the molecule is CC1=C2C[C@@H](C)C[C@H](C)[C@H](O)[C@@H](C)/C=C(\C)[C@H](OC(N)=O)[C@@H](C)/C=C\C=C(/C)C(=O)NC(=C(I)C1=O)C2=O.CCC[CH2][Sn]([CH2]CCC)([CH2]CCC)[c]1ccc(C)cc1.COc1ccc(C2=C3NC(=O)/C(C)=C/C=C\[C@H](C)[C@@H](OC(N)=O)/C(C)=C/[C@H](C)[C@@H](O)[C@@H](C)C[C@H](C)CC(=C(C)C2=O)C3=O)cc1. The van der Waals surface area contributed by atoms with E-state index in [0.717, 1.165) is 11.1 Å². The predicted molar refractivity (Wildman–Crippen MR) is 424 cm³/mol. The van der Waals surface area contributed by atoms with E-state index in [1.165, 1.54) is 51.2 Å². The van der Waals surface area contributed by atoms with Crippen LogP contribution in [0, 0.1) is 54.3 Å². The molecule has 12 atom stereocenters. The van der Waals surface area contributed by atoms with E-state index in [9.17, 15) is 48.6 Å². The minimum atomic E-state index is -2.13. The number of ether oxygens (including phenoxy) is 3. The maximum atomic E-state index is 14.1. The second-order valence-electron chi connectivity index (χ2n) is 29.5. The summed E-state index contributed by atoms with van der Waals surface area (Å²) >= 11 is -0.316. The number of benzene rings is 2. The van der Waals surface area contributed by atoms with Crippen LogP contribution < -0.4 is 30.4 Å². The zero-order valence-corrected chi connectivity index (χ0v) is 69.8. The first-order chi connectivity index (χ1) is 48.5. The van der Waals surface area contributed by atoms with Gasteiger partial charge in [-0.05, 0) is 142 Å². The predicted octanol–water partition coefficient (Wildman–Crippen LogP) is 16.5. The van der Waals surface area contributed by atoms with Gasteiger partial charge in [0.15, 0.2) is 11.6 Å². The number of Topliss-reactive ketones (excluding diaryl/α,β-unsaturated/α-hetero) is 4. The Morgan fingerprint density at radius 3 is 1.32 bits per heavy atom. The number of aliphatic hydroxyl groups excluding tert-OH is 2. The van der Waals surface area contributed by atoms with E-state index < -0.39 is 72.6 Å². The fourth-order valence-corrected chi connectivity index (χ4v) is 31.1. The molecule has 103 heavy (non-hydrogen) atoms. The molecule has 2 aliphatic carbocycles. The van der Waals surface area contributed by atoms with E-state index in [4.69, 9.17) is 25.7 Å². The smallest absolute Gasteiger partial charge is 0.405 e. The minimum Gasteiger partial charge on any atom is -0.497 e. The van der Waals surface area contributed by atoms with Gasteiger partial charge in [-0.15, -0.1) is 0 Å². The number of aryl methyl sites for hydroxylation is 1. The summed E-state index contributed by atoms with van der Waals surface area (Å²) < 4.78 is 22.8. The third-order valence-electron chi connectivity index (χ3n) is 20.6. The van der Waals surface area contributed by atoms with E-state index >= 15 is 0 Å². The molecule has 0 radical (unpaired) electrons. The van der Waals surface area contributed by atoms with Crippen LogP contribution in [-0.2, 0) is 38.2 Å². The third kappa shape index (κ3) is 25.5. The molecule has 2 aromatic carbocycles. The monoisotopic (exact) mass is 1640 g/mol. The Balaban J connectivity index is 0.000000350. The number of aliphatic hydroxyl groups is 2. The van der Waals surface area contributed by atoms with Crippen molar-refractivity contribution in [3.05, 3.63) is 168 Å². The molecule has 4 aliphatic rings. The van der Waals surface area contributed by atoms with E-state index in [-0.39, 0.29) is 85.2 Å². The number of carbonyl (C=O) groups excluding carboxylic acids is 8. The van der Waals surface area contributed by atoms with Crippen LogP contribution in [0.25, 0.3) is 5.57 Å². The Labute approximate surface area is 632 Å². The van der Waals surface area contributed by atoms with Crippen molar-refractivity contribution in [2.24, 2.45) is 58.8 Å². The molecule has 2 heterocycles. The summed E-state index contributed by atoms with van der Waals surface area (Å²) in [5.41, 5.74) is 16.3. The summed E-state index contributed by atoms with van der Waals surface area (Å²) in [5.74, 6) is -3.26. The zero-order chi connectivity index (χ0) is 77.3. The largest absolute Gasteiger partial charge is 0.497 e. The normalized spacial score (nSPS) is 28.3. The summed E-state index contributed by atoms with van der Waals surface area (Å²) in [6.45, 7) is 34.8. The van der Waals surface area contributed by atoms with Gasteiger partial charge in [0.25, 0.3) is 11.8 Å². The molecule has 19 heteroatoms. The van der Waals surface area contributed by atoms with Gasteiger partial charge >= 0.3 is 144 Å². The van der Waals surface area contributed by atoms with Crippen molar-refractivity contribution >= 4 is 97.3 Å². The molecule has 4 amide bonds. The van der Waals surface area contributed by atoms with Crippen LogP contribution in [0.3, 0.4) is 0 Å². The summed E-state index contributed by atoms with van der Waals surface area (Å²) in [4.78, 5) is 104. The Morgan fingerprint density at radius 1 is 0.544 bits per heavy atom. The molecular formula is C84H119IN4O13Sn. The van der Waals surface area contributed by atoms with Crippen molar-refractivity contribution in [1.82, 2.24) is 10.6 Å². The maximum Gasteiger partial charge on any atom is 0.405 e. The molecule has 2 aliphatic heterocycles. The molecule has 8 N–H and O–H groups in total. The summed E-state index contributed by atoms with van der Waals surface area (Å²) in [5, 5.41) is 27.7. The molecule has 0 aromatic heterocycles. The van der Waals surface area contributed by atoms with Crippen LogP contribution in [0.4, 0.5) is 9.59 Å². The Hall–Kier alpha value is -6.75. The van der Waals surface area contributed by atoms with E-state index in [1.807, 2.05) is 104 Å². The van der Waals surface area contributed by atoms with Crippen LogP contribution in [0.2, 0.25) is 13.3 Å². The van der Waals surface area contributed by atoms with Crippen LogP contribution in [0.1, 0.15) is 193 Å². The van der Waals surface area contributed by atoms with Crippen LogP contribution in [0.5, 0.6) is 5.75 Å². The second-order valence-corrected chi connectivity index (χ2v) is 43.8. The molecule has 17 nitrogen and oxygen atoms in total. The molecule has 0 saturated carbocycles. The van der Waals surface area contributed by atoms with Crippen LogP contribution in [-0.4, -0.2) is 107 Å². The second kappa shape index (κ2) is 42.4. The zero-order valence-electron chi connectivity index (χ0n) is 64.8. The first kappa shape index (κ1) is 88.6. The Morgan fingerprint density at radius 2 is 0.932 bits per heavy atom. The van der Waals surface area contributed by atoms with Crippen molar-refractivity contribution < 1.29 is 62.8 Å². The van der Waals surface area contributed by atoms with Gasteiger partial charge in [0, 0.05) is 57.1 Å². The minimum absolute atomic E-state index is 0.00661. The number of allylic oxidation sites excluding steroid dienone is 10. The fourth-order valence-electron chi connectivity index (χ4n) is 14.4. The Bertz CT molecular complexity index is 3660. The van der Waals surface area contributed by atoms with Crippen molar-refractivity contribution in [1.29, 1.82) is 0 Å². The number of amides is 4. The number of halogens is 1. The number of rotatable bonds is 14. The number of methoxy groups -OCH3 is 1. The molecule has 0 unspecified atom stereocenters. The van der Waals surface area contributed by atoms with Gasteiger partial charge in [-0.25, -0.2) is 9.59 Å². The van der Waals surface area contributed by atoms with Gasteiger partial charge in [0.2, 0.25) is 11.6 Å². The van der Waals surface area contributed by atoms with Crippen molar-refractivity contribution in [2.75, 3.05) is 7.11 Å². The van der Waals surface area contributed by atoms with Crippen LogP contribution >= 0.6 is 22.6 Å². The fraction of sp³-hybridized carbons (Fsp3) is 0.524. The van der Waals surface area contributed by atoms with Gasteiger partial charge < -0.3 is 46.5 Å². The standard InChI is InChI=1S/C36H46N2O7.C29H39IN2O6.C7H7.3C4H9.Sn/c1-19-16-22(4)31(39)23(5)18-24(6)34(45-36(37)43)20(2)10-9-11-21(3)35(42)38-30-29(26-12-14-27(44-8)15-13-26)32(40)25(7)28(17-19)33(30)41;1-14-11-17(4)24(33)18(5)13-19(6)27(38-29(31)37)15(2)9-8-10-16(3)28(36)32-23-22(30)25(34)20(7)21(12-14)26(23)35;1-7-5-3-2-4-6-7;3*1-3-4-2;/h9-15,18-20,22-23,31,34,39H,16-17H2,1-8H3,(H2,37,43)(H,38,42);8-10,13-15,17-18,24,27,33H,11-12H2,1-7H3,(H2,31,37)(H,32,36);3-6H,1H3;3*1,3-4H2,2H3;/b10-9-,21-11+,24-18+;9-8-,16-10+,19-13+;;;;;/t19-,20-,22-,23-,31-,34+;14-,15-,17-,18-,24-,27+;;;;;/m00...../s1. The molecule has 4 bridgehead atoms. The molecule has 0 saturated heterocycles. The first-order valence-electron chi connectivity index (χ1n) is 36.9. The summed E-state index contributed by atoms with van der Waals surface area (Å²) in [6.07, 6.45) is 19.6. The number of nitrogens with two attached hydrogens (primary N) is 2. The molecule has 0 spiro atoms. The van der Waals surface area contributed by atoms with E-state index in [2.05, 4.69) is 62.6 Å². The Kier molecular flexibility index (Phi) is 36.5. The molecule has 2 aromatic rings. The molecule has 564 valence electrons.